The third kappa shape index (κ3) is 5.02. The van der Waals surface area contributed by atoms with Crippen LogP contribution in [0.25, 0.3) is 0 Å². The molecule has 1 amide bonds. The molecular weight excluding hydrogens is 307 g/mol. The van der Waals surface area contributed by atoms with E-state index in [4.69, 9.17) is 4.74 Å². The standard InChI is InChI=1S/C19H27FN2O2/c20-16-8-6-15(7-9-16)18-14-22(12-13-24-18)11-10-19(23)21-17-4-2-1-3-5-17/h6-9,17-18H,1-5,10-14H2,(H,21,23). The van der Waals surface area contributed by atoms with Gasteiger partial charge in [-0.25, -0.2) is 4.39 Å². The molecule has 1 N–H and O–H groups in total. The van der Waals surface area contributed by atoms with Crippen molar-refractivity contribution in [2.45, 2.75) is 50.7 Å². The lowest BCUT2D eigenvalue weighted by Gasteiger charge is -2.33. The fourth-order valence-corrected chi connectivity index (χ4v) is 3.59. The van der Waals surface area contributed by atoms with Crippen molar-refractivity contribution < 1.29 is 13.9 Å². The van der Waals surface area contributed by atoms with E-state index in [2.05, 4.69) is 10.2 Å². The maximum atomic E-state index is 13.0. The van der Waals surface area contributed by atoms with Gasteiger partial charge in [-0.2, -0.15) is 0 Å². The van der Waals surface area contributed by atoms with Crippen LogP contribution in [0.5, 0.6) is 0 Å². The molecule has 2 aliphatic rings. The van der Waals surface area contributed by atoms with Crippen LogP contribution in [0.1, 0.15) is 50.2 Å². The molecule has 1 unspecified atom stereocenters. The van der Waals surface area contributed by atoms with Crippen LogP contribution in [0, 0.1) is 5.82 Å². The zero-order valence-electron chi connectivity index (χ0n) is 14.2. The molecule has 1 saturated carbocycles. The first-order valence-corrected chi connectivity index (χ1v) is 9.09. The Kier molecular flexibility index (Phi) is 6.21. The largest absolute Gasteiger partial charge is 0.371 e. The van der Waals surface area contributed by atoms with E-state index in [0.717, 1.165) is 38.0 Å². The highest BCUT2D eigenvalue weighted by Crippen LogP contribution is 2.22. The Morgan fingerprint density at radius 1 is 1.21 bits per heavy atom. The number of amides is 1. The smallest absolute Gasteiger partial charge is 0.221 e. The number of nitrogens with one attached hydrogen (secondary N) is 1. The summed E-state index contributed by atoms with van der Waals surface area (Å²) >= 11 is 0. The van der Waals surface area contributed by atoms with Gasteiger partial charge < -0.3 is 10.1 Å². The number of nitrogens with zero attached hydrogens (tertiary/aromatic N) is 1. The maximum absolute atomic E-state index is 13.0. The number of carbonyl (C=O) groups excluding carboxylic acids is 1. The molecule has 1 aromatic carbocycles. The summed E-state index contributed by atoms with van der Waals surface area (Å²) in [5.41, 5.74) is 0.993. The summed E-state index contributed by atoms with van der Waals surface area (Å²) in [5.74, 6) is -0.0717. The van der Waals surface area contributed by atoms with Crippen molar-refractivity contribution in [1.29, 1.82) is 0 Å². The maximum Gasteiger partial charge on any atom is 0.221 e. The van der Waals surface area contributed by atoms with E-state index in [0.29, 0.717) is 19.1 Å². The minimum atomic E-state index is -0.231. The van der Waals surface area contributed by atoms with Gasteiger partial charge >= 0.3 is 0 Å². The lowest BCUT2D eigenvalue weighted by atomic mass is 9.95. The molecule has 2 fully saturated rings. The van der Waals surface area contributed by atoms with Gasteiger partial charge in [-0.1, -0.05) is 31.4 Å². The summed E-state index contributed by atoms with van der Waals surface area (Å²) in [6.45, 7) is 2.99. The minimum Gasteiger partial charge on any atom is -0.371 e. The van der Waals surface area contributed by atoms with Crippen molar-refractivity contribution in [1.82, 2.24) is 10.2 Å². The molecule has 1 heterocycles. The lowest BCUT2D eigenvalue weighted by Crippen LogP contribution is -2.42. The summed E-state index contributed by atoms with van der Waals surface area (Å²) in [6, 6.07) is 6.87. The Hall–Kier alpha value is -1.46. The second-order valence-corrected chi connectivity index (χ2v) is 6.86. The topological polar surface area (TPSA) is 41.6 Å². The summed E-state index contributed by atoms with van der Waals surface area (Å²) in [6.07, 6.45) is 6.49. The number of benzene rings is 1. The first kappa shape index (κ1) is 17.4. The number of hydrogen-bond donors (Lipinski definition) is 1. The molecule has 0 radical (unpaired) electrons. The van der Waals surface area contributed by atoms with E-state index in [-0.39, 0.29) is 17.8 Å². The average Bonchev–Trinajstić information content (AvgIpc) is 2.62. The predicted octanol–water partition coefficient (Wildman–Crippen LogP) is 3.04. The summed E-state index contributed by atoms with van der Waals surface area (Å²) in [4.78, 5) is 14.4. The Morgan fingerprint density at radius 2 is 1.96 bits per heavy atom. The number of hydrogen-bond acceptors (Lipinski definition) is 3. The highest BCUT2D eigenvalue weighted by Gasteiger charge is 2.23. The van der Waals surface area contributed by atoms with E-state index in [1.807, 2.05) is 0 Å². The predicted molar refractivity (Wildman–Crippen MR) is 91.2 cm³/mol. The monoisotopic (exact) mass is 334 g/mol. The van der Waals surface area contributed by atoms with Crippen molar-refractivity contribution in [2.75, 3.05) is 26.2 Å². The fraction of sp³-hybridized carbons (Fsp3) is 0.632. The zero-order chi connectivity index (χ0) is 16.8. The Balaban J connectivity index is 1.43. The Labute approximate surface area is 143 Å². The van der Waals surface area contributed by atoms with Crippen LogP contribution in [-0.4, -0.2) is 43.1 Å². The lowest BCUT2D eigenvalue weighted by molar-refractivity contribution is -0.122. The van der Waals surface area contributed by atoms with E-state index in [9.17, 15) is 9.18 Å². The molecule has 1 saturated heterocycles. The first-order valence-electron chi connectivity index (χ1n) is 9.09. The van der Waals surface area contributed by atoms with Crippen LogP contribution in [0.15, 0.2) is 24.3 Å². The molecule has 3 rings (SSSR count). The number of morpholine rings is 1. The van der Waals surface area contributed by atoms with Crippen molar-refractivity contribution in [2.24, 2.45) is 0 Å². The van der Waals surface area contributed by atoms with Gasteiger partial charge in [0, 0.05) is 32.1 Å². The third-order valence-corrected chi connectivity index (χ3v) is 5.02. The molecule has 4 nitrogen and oxygen atoms in total. The van der Waals surface area contributed by atoms with Crippen LogP contribution < -0.4 is 5.32 Å². The highest BCUT2D eigenvalue weighted by molar-refractivity contribution is 5.76. The normalized spacial score (nSPS) is 23.1. The summed E-state index contributed by atoms with van der Waals surface area (Å²) < 4.78 is 18.8. The molecule has 1 aliphatic heterocycles. The zero-order valence-corrected chi connectivity index (χ0v) is 14.2. The van der Waals surface area contributed by atoms with Gasteiger partial charge in [-0.05, 0) is 30.5 Å². The highest BCUT2D eigenvalue weighted by atomic mass is 19.1. The Bertz CT molecular complexity index is 529. The minimum absolute atomic E-state index is 0.0410. The van der Waals surface area contributed by atoms with Gasteiger partial charge in [0.2, 0.25) is 5.91 Å². The van der Waals surface area contributed by atoms with Crippen molar-refractivity contribution in [3.05, 3.63) is 35.6 Å². The van der Waals surface area contributed by atoms with Crippen LogP contribution in [0.4, 0.5) is 4.39 Å². The van der Waals surface area contributed by atoms with E-state index < -0.39 is 0 Å². The van der Waals surface area contributed by atoms with Gasteiger partial charge in [-0.15, -0.1) is 0 Å². The molecule has 1 aromatic rings. The van der Waals surface area contributed by atoms with Crippen molar-refractivity contribution >= 4 is 5.91 Å². The number of ether oxygens (including phenoxy) is 1. The van der Waals surface area contributed by atoms with Gasteiger partial charge in [0.25, 0.3) is 0 Å². The second kappa shape index (κ2) is 8.58. The van der Waals surface area contributed by atoms with E-state index in [1.54, 1.807) is 12.1 Å². The molecule has 0 aromatic heterocycles. The molecule has 24 heavy (non-hydrogen) atoms. The molecule has 0 bridgehead atoms. The summed E-state index contributed by atoms with van der Waals surface area (Å²) in [7, 11) is 0. The van der Waals surface area contributed by atoms with Gasteiger partial charge in [0.05, 0.1) is 12.7 Å². The molecule has 0 spiro atoms. The molecule has 132 valence electrons. The number of halogens is 1. The Morgan fingerprint density at radius 3 is 2.71 bits per heavy atom. The summed E-state index contributed by atoms with van der Waals surface area (Å²) in [5, 5.41) is 3.17. The van der Waals surface area contributed by atoms with Crippen LogP contribution in [-0.2, 0) is 9.53 Å². The molecule has 5 heteroatoms. The van der Waals surface area contributed by atoms with Gasteiger partial charge in [-0.3, -0.25) is 9.69 Å². The molecular formula is C19H27FN2O2. The van der Waals surface area contributed by atoms with E-state index >= 15 is 0 Å². The van der Waals surface area contributed by atoms with Gasteiger partial charge in [0.1, 0.15) is 5.82 Å². The SMILES string of the molecule is O=C(CCN1CCOC(c2ccc(F)cc2)C1)NC1CCCCC1. The van der Waals surface area contributed by atoms with E-state index in [1.165, 1.54) is 31.4 Å². The number of carbonyl (C=O) groups is 1. The average molecular weight is 334 g/mol. The number of rotatable bonds is 5. The molecule has 1 aliphatic carbocycles. The van der Waals surface area contributed by atoms with Crippen LogP contribution in [0.3, 0.4) is 0 Å². The first-order chi connectivity index (χ1) is 11.7. The second-order valence-electron chi connectivity index (χ2n) is 6.86. The van der Waals surface area contributed by atoms with Crippen molar-refractivity contribution in [3.63, 3.8) is 0 Å². The van der Waals surface area contributed by atoms with Gasteiger partial charge in [0.15, 0.2) is 0 Å². The van der Waals surface area contributed by atoms with Crippen LogP contribution >= 0.6 is 0 Å². The third-order valence-electron chi connectivity index (χ3n) is 5.02. The van der Waals surface area contributed by atoms with Crippen LogP contribution in [0.2, 0.25) is 0 Å². The quantitative estimate of drug-likeness (QED) is 0.900. The molecule has 1 atom stereocenters. The fourth-order valence-electron chi connectivity index (χ4n) is 3.59. The van der Waals surface area contributed by atoms with Crippen molar-refractivity contribution in [3.8, 4) is 0 Å².